The molecule has 3 rings (SSSR count). The number of urea groups is 1. The summed E-state index contributed by atoms with van der Waals surface area (Å²) in [5, 5.41) is 11.9. The van der Waals surface area contributed by atoms with E-state index in [4.69, 9.17) is 0 Å². The van der Waals surface area contributed by atoms with Gasteiger partial charge in [-0.2, -0.15) is 5.10 Å². The molecule has 0 atom stereocenters. The highest BCUT2D eigenvalue weighted by Crippen LogP contribution is 2.28. The van der Waals surface area contributed by atoms with Crippen molar-refractivity contribution in [1.82, 2.24) is 15.1 Å². The maximum absolute atomic E-state index is 14.1. The fraction of sp³-hybridized carbons (Fsp3) is 0.353. The van der Waals surface area contributed by atoms with E-state index in [1.54, 1.807) is 16.9 Å². The second kappa shape index (κ2) is 7.33. The van der Waals surface area contributed by atoms with Crippen LogP contribution in [0.1, 0.15) is 24.0 Å². The van der Waals surface area contributed by atoms with Crippen molar-refractivity contribution in [1.29, 1.82) is 0 Å². The molecule has 0 unspecified atom stereocenters. The third kappa shape index (κ3) is 4.34. The Hall–Kier alpha value is -2.90. The van der Waals surface area contributed by atoms with E-state index in [1.807, 2.05) is 13.2 Å². The minimum Gasteiger partial charge on any atom is -0.338 e. The Morgan fingerprint density at radius 2 is 2.24 bits per heavy atom. The average molecular weight is 345 g/mol. The monoisotopic (exact) mass is 345 g/mol. The molecule has 1 aliphatic rings. The Kier molecular flexibility index (Phi) is 4.97. The van der Waals surface area contributed by atoms with Crippen LogP contribution in [0.5, 0.6) is 0 Å². The molecule has 1 aromatic carbocycles. The van der Waals surface area contributed by atoms with Crippen LogP contribution < -0.4 is 16.0 Å². The predicted molar refractivity (Wildman–Crippen MR) is 91.9 cm³/mol. The average Bonchev–Trinajstić information content (AvgIpc) is 2.98. The van der Waals surface area contributed by atoms with Crippen molar-refractivity contribution >= 4 is 23.3 Å². The second-order valence-electron chi connectivity index (χ2n) is 6.04. The number of aryl methyl sites for hydroxylation is 3. The smallest absolute Gasteiger partial charge is 0.319 e. The molecule has 2 heterocycles. The fourth-order valence-corrected chi connectivity index (χ4v) is 2.76. The van der Waals surface area contributed by atoms with Gasteiger partial charge in [0.1, 0.15) is 5.82 Å². The Bertz CT molecular complexity index is 802. The molecular formula is C17H20FN5O2. The van der Waals surface area contributed by atoms with E-state index in [2.05, 4.69) is 21.0 Å². The van der Waals surface area contributed by atoms with E-state index in [1.165, 1.54) is 6.07 Å². The number of rotatable bonds is 5. The summed E-state index contributed by atoms with van der Waals surface area (Å²) in [6.07, 6.45) is 6.18. The molecule has 132 valence electrons. The van der Waals surface area contributed by atoms with Gasteiger partial charge in [0.25, 0.3) is 0 Å². The van der Waals surface area contributed by atoms with Crippen molar-refractivity contribution in [3.8, 4) is 0 Å². The van der Waals surface area contributed by atoms with Crippen molar-refractivity contribution in [2.24, 2.45) is 7.05 Å². The van der Waals surface area contributed by atoms with Gasteiger partial charge >= 0.3 is 6.03 Å². The van der Waals surface area contributed by atoms with E-state index in [9.17, 15) is 14.0 Å². The number of nitrogens with one attached hydrogen (secondary N) is 3. The number of halogens is 1. The zero-order valence-electron chi connectivity index (χ0n) is 13.9. The van der Waals surface area contributed by atoms with Crippen LogP contribution in [0.4, 0.5) is 20.6 Å². The topological polar surface area (TPSA) is 88.0 Å². The minimum atomic E-state index is -0.577. The molecule has 0 saturated heterocycles. The first-order chi connectivity index (χ1) is 12.0. The Balaban J connectivity index is 1.50. The van der Waals surface area contributed by atoms with Gasteiger partial charge in [-0.25, -0.2) is 9.18 Å². The molecule has 0 bridgehead atoms. The number of aromatic nitrogens is 2. The zero-order chi connectivity index (χ0) is 17.8. The van der Waals surface area contributed by atoms with Crippen LogP contribution in [0.25, 0.3) is 0 Å². The molecule has 1 aromatic heterocycles. The number of hydrogen-bond donors (Lipinski definition) is 3. The van der Waals surface area contributed by atoms with Crippen LogP contribution in [0.3, 0.4) is 0 Å². The largest absolute Gasteiger partial charge is 0.338 e. The first-order valence-electron chi connectivity index (χ1n) is 8.16. The highest BCUT2D eigenvalue weighted by atomic mass is 19.1. The number of fused-ring (bicyclic) bond motifs is 1. The van der Waals surface area contributed by atoms with Crippen LogP contribution in [-0.4, -0.2) is 28.3 Å². The summed E-state index contributed by atoms with van der Waals surface area (Å²) in [7, 11) is 1.85. The van der Waals surface area contributed by atoms with E-state index < -0.39 is 11.8 Å². The predicted octanol–water partition coefficient (Wildman–Crippen LogP) is 2.20. The molecule has 8 heteroatoms. The number of benzene rings is 1. The highest BCUT2D eigenvalue weighted by Gasteiger charge is 2.18. The lowest BCUT2D eigenvalue weighted by atomic mass is 10.0. The number of hydrogen-bond acceptors (Lipinski definition) is 3. The van der Waals surface area contributed by atoms with E-state index in [0.717, 1.165) is 24.0 Å². The van der Waals surface area contributed by atoms with Crippen molar-refractivity contribution in [3.63, 3.8) is 0 Å². The number of anilines is 2. The Morgan fingerprint density at radius 3 is 3.00 bits per heavy atom. The lowest BCUT2D eigenvalue weighted by Gasteiger charge is -2.18. The minimum absolute atomic E-state index is 0.111. The van der Waals surface area contributed by atoms with Crippen molar-refractivity contribution in [2.45, 2.75) is 25.7 Å². The maximum atomic E-state index is 14.1. The van der Waals surface area contributed by atoms with Crippen LogP contribution in [-0.2, 0) is 24.7 Å². The summed E-state index contributed by atoms with van der Waals surface area (Å²) in [5.74, 6) is -0.703. The highest BCUT2D eigenvalue weighted by molar-refractivity contribution is 5.95. The molecule has 0 spiro atoms. The molecule has 1 aliphatic heterocycles. The van der Waals surface area contributed by atoms with Gasteiger partial charge in [0.2, 0.25) is 5.91 Å². The molecule has 7 nitrogen and oxygen atoms in total. The first-order valence-corrected chi connectivity index (χ1v) is 8.16. The lowest BCUT2D eigenvalue weighted by Crippen LogP contribution is -2.30. The van der Waals surface area contributed by atoms with Crippen LogP contribution in [0, 0.1) is 5.82 Å². The van der Waals surface area contributed by atoms with Gasteiger partial charge < -0.3 is 16.0 Å². The van der Waals surface area contributed by atoms with Gasteiger partial charge in [-0.3, -0.25) is 9.48 Å². The first kappa shape index (κ1) is 16.9. The standard InChI is InChI=1S/C17H20FN5O2/c1-23-10-11(9-20-23)3-2-6-19-17(25)22-15-7-12-4-5-16(24)21-14(12)8-13(15)18/h7-10H,2-6H2,1H3,(H,21,24)(H2,19,22,25). The summed E-state index contributed by atoms with van der Waals surface area (Å²) in [6.45, 7) is 0.476. The van der Waals surface area contributed by atoms with Crippen LogP contribution in [0.15, 0.2) is 24.5 Å². The summed E-state index contributed by atoms with van der Waals surface area (Å²) in [5.41, 5.74) is 2.50. The zero-order valence-corrected chi connectivity index (χ0v) is 13.9. The summed E-state index contributed by atoms with van der Waals surface area (Å²) in [6, 6.07) is 2.36. The third-order valence-corrected chi connectivity index (χ3v) is 4.02. The summed E-state index contributed by atoms with van der Waals surface area (Å²) >= 11 is 0. The molecule has 0 saturated carbocycles. The molecule has 0 radical (unpaired) electrons. The van der Waals surface area contributed by atoms with Gasteiger partial charge in [0, 0.05) is 31.9 Å². The number of nitrogens with zero attached hydrogens (tertiary/aromatic N) is 2. The summed E-state index contributed by atoms with van der Waals surface area (Å²) < 4.78 is 15.8. The molecule has 2 aromatic rings. The number of carbonyl (C=O) groups is 2. The Labute approximate surface area is 144 Å². The fourth-order valence-electron chi connectivity index (χ4n) is 2.76. The van der Waals surface area contributed by atoms with Crippen molar-refractivity contribution in [3.05, 3.63) is 41.5 Å². The Morgan fingerprint density at radius 1 is 1.40 bits per heavy atom. The number of carbonyl (C=O) groups excluding carboxylic acids is 2. The van der Waals surface area contributed by atoms with Crippen LogP contribution in [0.2, 0.25) is 0 Å². The van der Waals surface area contributed by atoms with Crippen LogP contribution >= 0.6 is 0 Å². The molecule has 0 aliphatic carbocycles. The second-order valence-corrected chi connectivity index (χ2v) is 6.04. The maximum Gasteiger partial charge on any atom is 0.319 e. The van der Waals surface area contributed by atoms with Gasteiger partial charge in [-0.1, -0.05) is 0 Å². The quantitative estimate of drug-likeness (QED) is 0.726. The van der Waals surface area contributed by atoms with E-state index >= 15 is 0 Å². The molecule has 3 amide bonds. The van der Waals surface area contributed by atoms with Gasteiger partial charge in [0.15, 0.2) is 0 Å². The molecule has 3 N–H and O–H groups in total. The number of amides is 3. The lowest BCUT2D eigenvalue weighted by molar-refractivity contribution is -0.116. The van der Waals surface area contributed by atoms with Crippen molar-refractivity contribution < 1.29 is 14.0 Å². The third-order valence-electron chi connectivity index (χ3n) is 4.02. The SMILES string of the molecule is Cn1cc(CCCNC(=O)Nc2cc3c(cc2F)NC(=O)CC3)cn1. The molecular weight excluding hydrogens is 325 g/mol. The van der Waals surface area contributed by atoms with E-state index in [-0.39, 0.29) is 11.6 Å². The normalized spacial score (nSPS) is 13.1. The molecule has 0 fully saturated rings. The van der Waals surface area contributed by atoms with Gasteiger partial charge in [0.05, 0.1) is 11.9 Å². The van der Waals surface area contributed by atoms with Gasteiger partial charge in [-0.05, 0) is 42.5 Å². The summed E-state index contributed by atoms with van der Waals surface area (Å²) in [4.78, 5) is 23.3. The van der Waals surface area contributed by atoms with E-state index in [0.29, 0.717) is 25.1 Å². The van der Waals surface area contributed by atoms with Crippen molar-refractivity contribution in [2.75, 3.05) is 17.2 Å². The molecule has 25 heavy (non-hydrogen) atoms. The van der Waals surface area contributed by atoms with Gasteiger partial charge in [-0.15, -0.1) is 0 Å².